The quantitative estimate of drug-likeness (QED) is 0.656. The minimum Gasteiger partial charge on any atom is -0.382 e. The Labute approximate surface area is 86.2 Å². The highest BCUT2D eigenvalue weighted by molar-refractivity contribution is 5.81. The molecule has 0 unspecified atom stereocenters. The Bertz CT molecular complexity index is 560. The van der Waals surface area contributed by atoms with Crippen LogP contribution in [0.2, 0.25) is 0 Å². The summed E-state index contributed by atoms with van der Waals surface area (Å²) in [5.74, 6) is 0.313. The van der Waals surface area contributed by atoms with Crippen molar-refractivity contribution < 1.29 is 0 Å². The van der Waals surface area contributed by atoms with E-state index < -0.39 is 0 Å². The molecule has 0 aromatic carbocycles. The molecule has 0 saturated heterocycles. The highest BCUT2D eigenvalue weighted by Crippen LogP contribution is 2.20. The topological polar surface area (TPSA) is 89.6 Å². The molecule has 0 atom stereocenters. The van der Waals surface area contributed by atoms with Gasteiger partial charge < -0.3 is 5.73 Å². The van der Waals surface area contributed by atoms with E-state index in [1.807, 2.05) is 20.8 Å². The predicted molar refractivity (Wildman–Crippen MR) is 57.6 cm³/mol. The van der Waals surface area contributed by atoms with Crippen molar-refractivity contribution in [2.45, 2.75) is 26.3 Å². The van der Waals surface area contributed by atoms with Gasteiger partial charge in [-0.05, 0) is 20.8 Å². The van der Waals surface area contributed by atoms with E-state index in [2.05, 4.69) is 15.0 Å². The first-order chi connectivity index (χ1) is 6.91. The van der Waals surface area contributed by atoms with Crippen LogP contribution >= 0.6 is 0 Å². The average Bonchev–Trinajstić information content (AvgIpc) is 2.41. The van der Waals surface area contributed by atoms with Gasteiger partial charge in [0.1, 0.15) is 11.8 Å². The highest BCUT2D eigenvalue weighted by Gasteiger charge is 2.21. The van der Waals surface area contributed by atoms with Crippen molar-refractivity contribution >= 4 is 17.0 Å². The smallest absolute Gasteiger partial charge is 0.328 e. The van der Waals surface area contributed by atoms with Gasteiger partial charge in [0.05, 0.1) is 0 Å². The van der Waals surface area contributed by atoms with Gasteiger partial charge in [-0.3, -0.25) is 9.55 Å². The van der Waals surface area contributed by atoms with E-state index in [0.717, 1.165) is 0 Å². The summed E-state index contributed by atoms with van der Waals surface area (Å²) in [5.41, 5.74) is 6.20. The summed E-state index contributed by atoms with van der Waals surface area (Å²) in [6, 6.07) is 0. The normalized spacial score (nSPS) is 12.2. The highest BCUT2D eigenvalue weighted by atomic mass is 16.1. The van der Waals surface area contributed by atoms with Crippen LogP contribution in [0.15, 0.2) is 11.1 Å². The molecule has 2 aromatic heterocycles. The third kappa shape index (κ3) is 1.38. The van der Waals surface area contributed by atoms with E-state index in [1.54, 1.807) is 4.57 Å². The molecule has 0 amide bonds. The molecule has 0 radical (unpaired) electrons. The molecule has 2 rings (SSSR count). The van der Waals surface area contributed by atoms with Crippen LogP contribution in [0.5, 0.6) is 0 Å². The van der Waals surface area contributed by atoms with Crippen LogP contribution in [-0.4, -0.2) is 19.5 Å². The fourth-order valence-electron chi connectivity index (χ4n) is 1.60. The Morgan fingerprint density at radius 3 is 2.67 bits per heavy atom. The first kappa shape index (κ1) is 9.70. The summed E-state index contributed by atoms with van der Waals surface area (Å²) in [6.45, 7) is 5.77. The summed E-state index contributed by atoms with van der Waals surface area (Å²) >= 11 is 0. The Hall–Kier alpha value is -1.85. The molecule has 0 aliphatic heterocycles. The van der Waals surface area contributed by atoms with Crippen LogP contribution in [0.4, 0.5) is 5.82 Å². The zero-order chi connectivity index (χ0) is 11.2. The lowest BCUT2D eigenvalue weighted by Crippen LogP contribution is -2.32. The van der Waals surface area contributed by atoms with E-state index in [9.17, 15) is 4.79 Å². The molecular weight excluding hydrogens is 194 g/mol. The Balaban J connectivity index is 2.96. The van der Waals surface area contributed by atoms with Crippen LogP contribution < -0.4 is 11.4 Å². The number of nitrogens with one attached hydrogen (secondary N) is 1. The second kappa shape index (κ2) is 2.82. The molecule has 0 aliphatic rings. The SMILES string of the molecule is CC(C)(C)n1c(=O)[nH]c2ncnc(N)c21. The second-order valence-electron chi connectivity index (χ2n) is 4.39. The number of hydrogen-bond acceptors (Lipinski definition) is 4. The van der Waals surface area contributed by atoms with Crippen molar-refractivity contribution in [2.75, 3.05) is 5.73 Å². The second-order valence-corrected chi connectivity index (χ2v) is 4.39. The zero-order valence-corrected chi connectivity index (χ0v) is 8.90. The van der Waals surface area contributed by atoms with Gasteiger partial charge in [0.25, 0.3) is 0 Å². The van der Waals surface area contributed by atoms with Gasteiger partial charge in [-0.2, -0.15) is 0 Å². The predicted octanol–water partition coefficient (Wildman–Crippen LogP) is 0.457. The Morgan fingerprint density at radius 1 is 1.40 bits per heavy atom. The summed E-state index contributed by atoms with van der Waals surface area (Å²) in [4.78, 5) is 22.2. The van der Waals surface area contributed by atoms with E-state index >= 15 is 0 Å². The van der Waals surface area contributed by atoms with Gasteiger partial charge in [-0.15, -0.1) is 0 Å². The average molecular weight is 207 g/mol. The van der Waals surface area contributed by atoms with E-state index in [1.165, 1.54) is 6.33 Å². The number of aromatic amines is 1. The van der Waals surface area contributed by atoms with Gasteiger partial charge in [0.2, 0.25) is 0 Å². The van der Waals surface area contributed by atoms with Gasteiger partial charge in [-0.25, -0.2) is 14.8 Å². The molecular formula is C9H13N5O. The number of aromatic nitrogens is 4. The minimum absolute atomic E-state index is 0.218. The standard InChI is InChI=1S/C9H13N5O/c1-9(2,3)14-5-6(10)11-4-12-7(5)13-8(14)15/h4H,1-3H3,(H3,10,11,12,13,15). The number of nitrogens with two attached hydrogens (primary N) is 1. The summed E-state index contributed by atoms with van der Waals surface area (Å²) in [6.07, 6.45) is 1.33. The molecule has 0 fully saturated rings. The van der Waals surface area contributed by atoms with Crippen molar-refractivity contribution in [1.29, 1.82) is 0 Å². The fourth-order valence-corrected chi connectivity index (χ4v) is 1.60. The molecule has 6 nitrogen and oxygen atoms in total. The lowest BCUT2D eigenvalue weighted by Gasteiger charge is -2.20. The molecule has 0 aliphatic carbocycles. The molecule has 0 saturated carbocycles. The number of nitrogen functional groups attached to an aromatic ring is 1. The molecule has 3 N–H and O–H groups in total. The number of hydrogen-bond donors (Lipinski definition) is 2. The van der Waals surface area contributed by atoms with Gasteiger partial charge in [0, 0.05) is 5.54 Å². The number of nitrogens with zero attached hydrogens (tertiary/aromatic N) is 3. The van der Waals surface area contributed by atoms with Crippen LogP contribution in [0, 0.1) is 0 Å². The first-order valence-electron chi connectivity index (χ1n) is 4.63. The molecule has 2 aromatic rings. The van der Waals surface area contributed by atoms with Crippen LogP contribution in [0.25, 0.3) is 11.2 Å². The van der Waals surface area contributed by atoms with Crippen molar-refractivity contribution in [2.24, 2.45) is 0 Å². The molecule has 6 heteroatoms. The number of H-pyrrole nitrogens is 1. The van der Waals surface area contributed by atoms with E-state index in [0.29, 0.717) is 17.0 Å². The van der Waals surface area contributed by atoms with Gasteiger partial charge in [0.15, 0.2) is 11.5 Å². The fraction of sp³-hybridized carbons (Fsp3) is 0.444. The maximum atomic E-state index is 11.7. The summed E-state index contributed by atoms with van der Waals surface area (Å²) in [7, 11) is 0. The van der Waals surface area contributed by atoms with Gasteiger partial charge in [-0.1, -0.05) is 0 Å². The van der Waals surface area contributed by atoms with Crippen LogP contribution in [0.1, 0.15) is 20.8 Å². The van der Waals surface area contributed by atoms with Crippen LogP contribution in [0.3, 0.4) is 0 Å². The third-order valence-corrected chi connectivity index (χ3v) is 2.17. The van der Waals surface area contributed by atoms with Crippen molar-refractivity contribution in [3.63, 3.8) is 0 Å². The van der Waals surface area contributed by atoms with Crippen molar-refractivity contribution in [3.8, 4) is 0 Å². The number of imidazole rings is 1. The van der Waals surface area contributed by atoms with E-state index in [4.69, 9.17) is 5.73 Å². The monoisotopic (exact) mass is 207 g/mol. The maximum absolute atomic E-state index is 11.7. The number of rotatable bonds is 0. The van der Waals surface area contributed by atoms with Gasteiger partial charge >= 0.3 is 5.69 Å². The maximum Gasteiger partial charge on any atom is 0.328 e. The number of anilines is 1. The Kier molecular flexibility index (Phi) is 1.82. The molecule has 0 spiro atoms. The van der Waals surface area contributed by atoms with Crippen molar-refractivity contribution in [1.82, 2.24) is 19.5 Å². The zero-order valence-electron chi connectivity index (χ0n) is 8.90. The summed E-state index contributed by atoms with van der Waals surface area (Å²) < 4.78 is 1.57. The third-order valence-electron chi connectivity index (χ3n) is 2.17. The lowest BCUT2D eigenvalue weighted by molar-refractivity contribution is 0.397. The minimum atomic E-state index is -0.353. The molecule has 2 heterocycles. The molecule has 0 bridgehead atoms. The lowest BCUT2D eigenvalue weighted by atomic mass is 10.1. The molecule has 15 heavy (non-hydrogen) atoms. The summed E-state index contributed by atoms with van der Waals surface area (Å²) in [5, 5.41) is 0. The molecule has 80 valence electrons. The number of fused-ring (bicyclic) bond motifs is 1. The first-order valence-corrected chi connectivity index (χ1v) is 4.63. The van der Waals surface area contributed by atoms with Crippen molar-refractivity contribution in [3.05, 3.63) is 16.8 Å². The Morgan fingerprint density at radius 2 is 2.07 bits per heavy atom. The van der Waals surface area contributed by atoms with Crippen LogP contribution in [-0.2, 0) is 5.54 Å². The van der Waals surface area contributed by atoms with E-state index in [-0.39, 0.29) is 11.2 Å². The largest absolute Gasteiger partial charge is 0.382 e.